The molecule has 0 spiro atoms. The number of aliphatic hydroxyl groups is 1. The molecule has 1 N–H and O–H groups in total. The lowest BCUT2D eigenvalue weighted by molar-refractivity contribution is 0.0991. The van der Waals surface area contributed by atoms with Gasteiger partial charge in [0.1, 0.15) is 11.6 Å². The number of carbonyl (C=O) groups is 1. The van der Waals surface area contributed by atoms with Gasteiger partial charge in [-0.05, 0) is 54.7 Å². The number of fused-ring (bicyclic) bond motifs is 2. The fraction of sp³-hybridized carbons (Fsp3) is 0.278. The van der Waals surface area contributed by atoms with Gasteiger partial charge in [-0.15, -0.1) is 0 Å². The van der Waals surface area contributed by atoms with Gasteiger partial charge in [-0.1, -0.05) is 31.9 Å². The number of hydrogen-bond donors (Lipinski definition) is 1. The number of ketones is 1. The monoisotopic (exact) mass is 458 g/mol. The van der Waals surface area contributed by atoms with Crippen LogP contribution in [0.3, 0.4) is 0 Å². The molecule has 2 nitrogen and oxygen atoms in total. The standard InChI is InChI=1S/C9H8BrFO.C9H6BrFO/c2*10-6-2-3-7(11)9-5(6)1-4-8(9)12/h2-3,8,12H,1,4H2;2-3H,1,4H2/t8-;/m0./s1. The maximum absolute atomic E-state index is 13.1. The third-order valence-corrected chi connectivity index (χ3v) is 5.82. The average molecular weight is 460 g/mol. The van der Waals surface area contributed by atoms with E-state index in [1.807, 2.05) is 0 Å². The summed E-state index contributed by atoms with van der Waals surface area (Å²) in [5.74, 6) is -0.766. The van der Waals surface area contributed by atoms with Crippen molar-refractivity contribution in [1.29, 1.82) is 0 Å². The Labute approximate surface area is 155 Å². The zero-order valence-electron chi connectivity index (χ0n) is 12.6. The molecule has 0 amide bonds. The van der Waals surface area contributed by atoms with Crippen molar-refractivity contribution < 1.29 is 18.7 Å². The van der Waals surface area contributed by atoms with Gasteiger partial charge in [-0.25, -0.2) is 8.78 Å². The summed E-state index contributed by atoms with van der Waals surface area (Å²) in [5, 5.41) is 9.43. The molecule has 2 aromatic carbocycles. The minimum atomic E-state index is -0.613. The van der Waals surface area contributed by atoms with E-state index in [0.717, 1.165) is 26.5 Å². The molecule has 0 radical (unpaired) electrons. The van der Waals surface area contributed by atoms with E-state index in [1.165, 1.54) is 12.1 Å². The molecule has 0 aromatic heterocycles. The lowest BCUT2D eigenvalue weighted by Crippen LogP contribution is -1.96. The van der Waals surface area contributed by atoms with Crippen LogP contribution in [0.4, 0.5) is 8.78 Å². The van der Waals surface area contributed by atoms with Crippen molar-refractivity contribution >= 4 is 37.6 Å². The summed E-state index contributed by atoms with van der Waals surface area (Å²) in [6.45, 7) is 0. The first-order valence-corrected chi connectivity index (χ1v) is 9.13. The molecule has 0 heterocycles. The number of Topliss-reactive ketones (excluding diaryl/α,β-unsaturated/α-hetero) is 1. The Bertz CT molecular complexity index is 821. The maximum atomic E-state index is 13.1. The van der Waals surface area contributed by atoms with E-state index in [1.54, 1.807) is 12.1 Å². The molecule has 126 valence electrons. The predicted molar refractivity (Wildman–Crippen MR) is 94.1 cm³/mol. The van der Waals surface area contributed by atoms with Crippen LogP contribution in [0.25, 0.3) is 0 Å². The molecule has 0 fully saturated rings. The normalized spacial score (nSPS) is 18.0. The zero-order chi connectivity index (χ0) is 17.4. The Balaban J connectivity index is 0.000000141. The largest absolute Gasteiger partial charge is 0.388 e. The highest BCUT2D eigenvalue weighted by atomic mass is 79.9. The number of carbonyl (C=O) groups excluding carboxylic acids is 1. The number of aliphatic hydroxyl groups excluding tert-OH is 1. The third-order valence-electron chi connectivity index (χ3n) is 4.33. The lowest BCUT2D eigenvalue weighted by atomic mass is 10.1. The minimum Gasteiger partial charge on any atom is -0.388 e. The second kappa shape index (κ2) is 7.02. The number of hydrogen-bond acceptors (Lipinski definition) is 2. The van der Waals surface area contributed by atoms with E-state index in [-0.39, 0.29) is 17.2 Å². The van der Waals surface area contributed by atoms with Crippen LogP contribution in [0.2, 0.25) is 0 Å². The molecule has 0 saturated carbocycles. The maximum Gasteiger partial charge on any atom is 0.166 e. The van der Waals surface area contributed by atoms with Crippen molar-refractivity contribution in [1.82, 2.24) is 0 Å². The molecule has 2 aliphatic rings. The second-order valence-corrected chi connectivity index (χ2v) is 7.49. The first kappa shape index (κ1) is 17.7. The molecule has 2 aromatic rings. The summed E-state index contributed by atoms with van der Waals surface area (Å²) in [7, 11) is 0. The van der Waals surface area contributed by atoms with Crippen molar-refractivity contribution in [2.75, 3.05) is 0 Å². The van der Waals surface area contributed by atoms with Crippen LogP contribution in [0.1, 0.15) is 46.0 Å². The molecule has 2 aliphatic carbocycles. The van der Waals surface area contributed by atoms with Crippen molar-refractivity contribution in [3.8, 4) is 0 Å². The summed E-state index contributed by atoms with van der Waals surface area (Å²) >= 11 is 6.62. The molecule has 24 heavy (non-hydrogen) atoms. The molecule has 0 aliphatic heterocycles. The van der Waals surface area contributed by atoms with E-state index in [2.05, 4.69) is 31.9 Å². The number of rotatable bonds is 0. The molecular formula is C18H14Br2F2O2. The van der Waals surface area contributed by atoms with Gasteiger partial charge in [0.25, 0.3) is 0 Å². The van der Waals surface area contributed by atoms with E-state index in [0.29, 0.717) is 24.8 Å². The third kappa shape index (κ3) is 3.19. The summed E-state index contributed by atoms with van der Waals surface area (Å²) in [6, 6.07) is 6.04. The van der Waals surface area contributed by atoms with Gasteiger partial charge in [0.2, 0.25) is 0 Å². The predicted octanol–water partition coefficient (Wildman–Crippen LogP) is 5.28. The Morgan fingerprint density at radius 3 is 2.17 bits per heavy atom. The summed E-state index contributed by atoms with van der Waals surface area (Å²) in [4.78, 5) is 11.2. The summed E-state index contributed by atoms with van der Waals surface area (Å²) in [6.07, 6.45) is 1.88. The molecule has 1 atom stereocenters. The lowest BCUT2D eigenvalue weighted by Gasteiger charge is -2.05. The van der Waals surface area contributed by atoms with Crippen molar-refractivity contribution in [3.63, 3.8) is 0 Å². The van der Waals surface area contributed by atoms with Gasteiger partial charge in [0.05, 0.1) is 11.7 Å². The molecule has 0 unspecified atom stereocenters. The van der Waals surface area contributed by atoms with Crippen molar-refractivity contribution in [3.05, 3.63) is 67.1 Å². The Morgan fingerprint density at radius 2 is 1.54 bits per heavy atom. The van der Waals surface area contributed by atoms with Crippen LogP contribution in [0.15, 0.2) is 33.2 Å². The molecule has 6 heteroatoms. The molecule has 4 rings (SSSR count). The second-order valence-electron chi connectivity index (χ2n) is 5.78. The quantitative estimate of drug-likeness (QED) is 0.581. The Kier molecular flexibility index (Phi) is 5.18. The molecular weight excluding hydrogens is 446 g/mol. The van der Waals surface area contributed by atoms with Crippen LogP contribution in [-0.4, -0.2) is 10.9 Å². The van der Waals surface area contributed by atoms with Crippen LogP contribution in [0.5, 0.6) is 0 Å². The smallest absolute Gasteiger partial charge is 0.166 e. The van der Waals surface area contributed by atoms with Crippen LogP contribution < -0.4 is 0 Å². The highest BCUT2D eigenvalue weighted by molar-refractivity contribution is 9.10. The number of benzene rings is 2. The van der Waals surface area contributed by atoms with Gasteiger partial charge in [-0.3, -0.25) is 4.79 Å². The van der Waals surface area contributed by atoms with E-state index in [4.69, 9.17) is 0 Å². The van der Waals surface area contributed by atoms with E-state index >= 15 is 0 Å². The average Bonchev–Trinajstić information content (AvgIpc) is 3.13. The number of halogens is 4. The van der Waals surface area contributed by atoms with Gasteiger partial charge in [0.15, 0.2) is 5.78 Å². The fourth-order valence-corrected chi connectivity index (χ4v) is 4.23. The zero-order valence-corrected chi connectivity index (χ0v) is 15.8. The summed E-state index contributed by atoms with van der Waals surface area (Å²) < 4.78 is 28.0. The van der Waals surface area contributed by atoms with Crippen LogP contribution in [-0.2, 0) is 12.8 Å². The van der Waals surface area contributed by atoms with E-state index in [9.17, 15) is 18.7 Å². The Hall–Kier alpha value is -1.11. The fourth-order valence-electron chi connectivity index (χ4n) is 3.15. The highest BCUT2D eigenvalue weighted by Crippen LogP contribution is 2.37. The van der Waals surface area contributed by atoms with Gasteiger partial charge in [-0.2, -0.15) is 0 Å². The Morgan fingerprint density at radius 1 is 0.917 bits per heavy atom. The van der Waals surface area contributed by atoms with E-state index < -0.39 is 11.9 Å². The SMILES string of the molecule is O=C1CCc2c(Br)ccc(F)c21.O[C@H]1CCc2c(Br)ccc(F)c21. The van der Waals surface area contributed by atoms with Crippen molar-refractivity contribution in [2.24, 2.45) is 0 Å². The van der Waals surface area contributed by atoms with Gasteiger partial charge < -0.3 is 5.11 Å². The van der Waals surface area contributed by atoms with Crippen LogP contribution in [0, 0.1) is 11.6 Å². The van der Waals surface area contributed by atoms with Gasteiger partial charge in [0, 0.05) is 20.9 Å². The minimum absolute atomic E-state index is 0.0798. The molecule has 0 bridgehead atoms. The van der Waals surface area contributed by atoms with Crippen molar-refractivity contribution in [2.45, 2.75) is 31.8 Å². The first-order chi connectivity index (χ1) is 11.4. The summed E-state index contributed by atoms with van der Waals surface area (Å²) in [5.41, 5.74) is 2.50. The first-order valence-electron chi connectivity index (χ1n) is 7.55. The molecule has 0 saturated heterocycles. The topological polar surface area (TPSA) is 37.3 Å². The highest BCUT2D eigenvalue weighted by Gasteiger charge is 2.26. The van der Waals surface area contributed by atoms with Crippen LogP contribution >= 0.6 is 31.9 Å². The van der Waals surface area contributed by atoms with Gasteiger partial charge >= 0.3 is 0 Å².